The van der Waals surface area contributed by atoms with Gasteiger partial charge in [-0.2, -0.15) is 0 Å². The summed E-state index contributed by atoms with van der Waals surface area (Å²) in [5.41, 5.74) is 0.691. The molecule has 7 nitrogen and oxygen atoms in total. The predicted octanol–water partition coefficient (Wildman–Crippen LogP) is 4.79. The van der Waals surface area contributed by atoms with Crippen molar-refractivity contribution in [1.82, 2.24) is 0 Å². The molecule has 2 aromatic carbocycles. The van der Waals surface area contributed by atoms with E-state index < -0.39 is 28.2 Å². The van der Waals surface area contributed by atoms with Crippen LogP contribution in [0.25, 0.3) is 0 Å². The first-order valence-corrected chi connectivity index (χ1v) is 11.3. The van der Waals surface area contributed by atoms with Crippen molar-refractivity contribution < 1.29 is 33.3 Å². The molecule has 0 radical (unpaired) electrons. The second-order valence-corrected chi connectivity index (χ2v) is 10.7. The van der Waals surface area contributed by atoms with E-state index in [0.29, 0.717) is 22.6 Å². The Morgan fingerprint density at radius 3 is 1.32 bits per heavy atom. The Balaban J connectivity index is 1.53. The van der Waals surface area contributed by atoms with Crippen molar-refractivity contribution in [2.24, 2.45) is 0 Å². The van der Waals surface area contributed by atoms with Crippen LogP contribution < -0.4 is 4.74 Å². The number of benzene rings is 2. The molecule has 0 saturated carbocycles. The summed E-state index contributed by atoms with van der Waals surface area (Å²) in [5.74, 6) is -1.72. The molecule has 2 aromatic rings. The quantitative estimate of drug-likeness (QED) is 0.447. The maximum Gasteiger partial charge on any atom is 0.263 e. The van der Waals surface area contributed by atoms with Gasteiger partial charge < -0.3 is 23.7 Å². The summed E-state index contributed by atoms with van der Waals surface area (Å²) in [4.78, 5) is 26.6. The van der Waals surface area contributed by atoms with Gasteiger partial charge in [0.05, 0.1) is 0 Å². The molecule has 180 valence electrons. The lowest BCUT2D eigenvalue weighted by molar-refractivity contribution is 0.00127. The summed E-state index contributed by atoms with van der Waals surface area (Å²) in [6, 6.07) is 10.7. The molecule has 34 heavy (non-hydrogen) atoms. The minimum Gasteiger partial charge on any atom is -0.457 e. The first-order chi connectivity index (χ1) is 15.8. The van der Waals surface area contributed by atoms with E-state index in [9.17, 15) is 9.59 Å². The summed E-state index contributed by atoms with van der Waals surface area (Å²) < 4.78 is 28.4. The van der Waals surface area contributed by atoms with Gasteiger partial charge in [-0.3, -0.25) is 9.59 Å². The number of carbonyl (C=O) groups excluding carboxylic acids is 2. The number of hydrogen-bond donors (Lipinski definition) is 0. The van der Waals surface area contributed by atoms with E-state index in [2.05, 4.69) is 0 Å². The fourth-order valence-corrected chi connectivity index (χ4v) is 5.21. The third-order valence-corrected chi connectivity index (χ3v) is 7.52. The fourth-order valence-electron chi connectivity index (χ4n) is 5.21. The molecule has 7 heteroatoms. The minimum absolute atomic E-state index is 0.233. The third kappa shape index (κ3) is 2.84. The summed E-state index contributed by atoms with van der Waals surface area (Å²) in [6.45, 7) is 11.4. The van der Waals surface area contributed by atoms with Gasteiger partial charge in [0, 0.05) is 41.9 Å². The summed E-state index contributed by atoms with van der Waals surface area (Å²) >= 11 is 0. The van der Waals surface area contributed by atoms with Crippen molar-refractivity contribution in [3.8, 4) is 11.5 Å². The second-order valence-electron chi connectivity index (χ2n) is 10.7. The zero-order chi connectivity index (χ0) is 24.9. The Bertz CT molecular complexity index is 1150. The van der Waals surface area contributed by atoms with Gasteiger partial charge in [0.2, 0.25) is 11.6 Å². The molecule has 2 saturated heterocycles. The highest BCUT2D eigenvalue weighted by Crippen LogP contribution is 2.53. The SMILES string of the molecule is COC1(C(=O)c2ccc3c(c2)C(C)(C)c2cc(C(=O)[C@]4(OC)OC4(C)C)ccc2O3)OC1(C)C. The number of epoxide rings is 2. The molecule has 1 unspecified atom stereocenters. The van der Waals surface area contributed by atoms with Crippen LogP contribution in [0.15, 0.2) is 36.4 Å². The van der Waals surface area contributed by atoms with E-state index >= 15 is 0 Å². The summed E-state index contributed by atoms with van der Waals surface area (Å²) in [7, 11) is 2.95. The van der Waals surface area contributed by atoms with E-state index in [1.165, 1.54) is 14.2 Å². The Kier molecular flexibility index (Phi) is 4.61. The lowest BCUT2D eigenvalue weighted by Gasteiger charge is -2.35. The molecule has 2 atom stereocenters. The normalized spacial score (nSPS) is 28.8. The number of ketones is 2. The molecule has 0 aliphatic carbocycles. The first kappa shape index (κ1) is 23.2. The van der Waals surface area contributed by atoms with Gasteiger partial charge in [-0.05, 0) is 64.1 Å². The van der Waals surface area contributed by atoms with Gasteiger partial charge in [0.15, 0.2) is 0 Å². The standard InChI is InChI=1S/C27H30O7/c1-23(2)17-13-15(21(28)26(30-7)24(3,4)33-26)9-11-19(17)32-20-12-10-16(14-18(20)23)22(29)27(31-8)25(5,6)34-27/h9-14H,1-8H3/t26-,27?/m0/s1. The van der Waals surface area contributed by atoms with E-state index in [-0.39, 0.29) is 11.6 Å². The number of methoxy groups -OCH3 is 2. The number of fused-ring (bicyclic) bond motifs is 2. The second kappa shape index (κ2) is 6.76. The van der Waals surface area contributed by atoms with Gasteiger partial charge in [-0.1, -0.05) is 13.8 Å². The van der Waals surface area contributed by atoms with Crippen molar-refractivity contribution >= 4 is 11.6 Å². The van der Waals surface area contributed by atoms with E-state index in [1.807, 2.05) is 53.7 Å². The van der Waals surface area contributed by atoms with Crippen LogP contribution in [0, 0.1) is 0 Å². The van der Waals surface area contributed by atoms with Crippen molar-refractivity contribution in [3.05, 3.63) is 58.7 Å². The topological polar surface area (TPSA) is 86.9 Å². The van der Waals surface area contributed by atoms with Crippen LogP contribution in [0.1, 0.15) is 73.4 Å². The molecular formula is C27H30O7. The maximum absolute atomic E-state index is 13.3. The fraction of sp³-hybridized carbons (Fsp3) is 0.481. The Labute approximate surface area is 199 Å². The zero-order valence-electron chi connectivity index (χ0n) is 20.8. The summed E-state index contributed by atoms with van der Waals surface area (Å²) in [6.07, 6.45) is 0. The first-order valence-electron chi connectivity index (χ1n) is 11.3. The smallest absolute Gasteiger partial charge is 0.263 e. The lowest BCUT2D eigenvalue weighted by Crippen LogP contribution is -2.34. The molecule has 2 fully saturated rings. The van der Waals surface area contributed by atoms with E-state index in [0.717, 1.165) is 11.1 Å². The predicted molar refractivity (Wildman–Crippen MR) is 124 cm³/mol. The number of rotatable bonds is 6. The number of hydrogen-bond acceptors (Lipinski definition) is 7. The molecule has 3 aliphatic rings. The molecule has 0 spiro atoms. The van der Waals surface area contributed by atoms with Crippen LogP contribution in [-0.4, -0.2) is 48.6 Å². The third-order valence-electron chi connectivity index (χ3n) is 7.52. The Hall–Kier alpha value is -2.58. The van der Waals surface area contributed by atoms with Gasteiger partial charge in [-0.25, -0.2) is 0 Å². The van der Waals surface area contributed by atoms with Gasteiger partial charge in [0.1, 0.15) is 22.7 Å². The molecular weight excluding hydrogens is 436 g/mol. The van der Waals surface area contributed by atoms with E-state index in [4.69, 9.17) is 23.7 Å². The van der Waals surface area contributed by atoms with Gasteiger partial charge in [-0.15, -0.1) is 0 Å². The van der Waals surface area contributed by atoms with Crippen LogP contribution in [0.5, 0.6) is 11.5 Å². The maximum atomic E-state index is 13.3. The largest absolute Gasteiger partial charge is 0.457 e. The average Bonchev–Trinajstić information content (AvgIpc) is 3.59. The zero-order valence-corrected chi connectivity index (χ0v) is 20.8. The van der Waals surface area contributed by atoms with Crippen molar-refractivity contribution in [1.29, 1.82) is 0 Å². The van der Waals surface area contributed by atoms with Crippen molar-refractivity contribution in [3.63, 3.8) is 0 Å². The van der Waals surface area contributed by atoms with Crippen LogP contribution in [0.3, 0.4) is 0 Å². The molecule has 0 amide bonds. The highest BCUT2D eigenvalue weighted by Gasteiger charge is 2.71. The minimum atomic E-state index is -1.29. The van der Waals surface area contributed by atoms with Crippen LogP contribution in [-0.2, 0) is 24.4 Å². The number of ether oxygens (including phenoxy) is 5. The molecule has 0 bridgehead atoms. The number of carbonyl (C=O) groups is 2. The Morgan fingerprint density at radius 1 is 0.676 bits per heavy atom. The van der Waals surface area contributed by atoms with Crippen LogP contribution in [0.4, 0.5) is 0 Å². The van der Waals surface area contributed by atoms with Gasteiger partial charge in [0.25, 0.3) is 11.6 Å². The molecule has 5 rings (SSSR count). The monoisotopic (exact) mass is 466 g/mol. The van der Waals surface area contributed by atoms with E-state index in [1.54, 1.807) is 24.3 Å². The molecule has 0 N–H and O–H groups in total. The van der Waals surface area contributed by atoms with Gasteiger partial charge >= 0.3 is 0 Å². The highest BCUT2D eigenvalue weighted by molar-refractivity contribution is 6.05. The molecule has 0 aromatic heterocycles. The van der Waals surface area contributed by atoms with Crippen LogP contribution in [0.2, 0.25) is 0 Å². The van der Waals surface area contributed by atoms with Crippen molar-refractivity contribution in [2.45, 2.75) is 69.7 Å². The number of Topliss-reactive ketones (excluding diaryl/α,β-unsaturated/α-hetero) is 2. The Morgan fingerprint density at radius 2 is 1.03 bits per heavy atom. The molecule has 3 aliphatic heterocycles. The van der Waals surface area contributed by atoms with Crippen molar-refractivity contribution in [2.75, 3.05) is 14.2 Å². The summed E-state index contributed by atoms with van der Waals surface area (Å²) in [5, 5.41) is 0. The lowest BCUT2D eigenvalue weighted by atomic mass is 9.74. The average molecular weight is 467 g/mol. The highest BCUT2D eigenvalue weighted by atomic mass is 16.8. The molecule has 3 heterocycles. The van der Waals surface area contributed by atoms with Crippen LogP contribution >= 0.6 is 0 Å².